The van der Waals surface area contributed by atoms with Crippen molar-refractivity contribution >= 4 is 17.1 Å². The third-order valence-electron chi connectivity index (χ3n) is 5.59. The maximum absolute atomic E-state index is 12.6. The zero-order chi connectivity index (χ0) is 22.4. The third kappa shape index (κ3) is 3.28. The van der Waals surface area contributed by atoms with E-state index in [4.69, 9.17) is 10.5 Å². The number of aliphatic hydroxyl groups is 1. The number of hydrogen-bond acceptors (Lipinski definition) is 11. The summed E-state index contributed by atoms with van der Waals surface area (Å²) in [5.74, 6) is 0.0795. The van der Waals surface area contributed by atoms with Gasteiger partial charge >= 0.3 is 0 Å². The van der Waals surface area contributed by atoms with E-state index in [1.165, 1.54) is 17.1 Å². The van der Waals surface area contributed by atoms with Gasteiger partial charge in [-0.1, -0.05) is 17.3 Å². The molecule has 0 radical (unpaired) electrons. The summed E-state index contributed by atoms with van der Waals surface area (Å²) in [7, 11) is 0. The minimum absolute atomic E-state index is 0.0795. The SMILES string of the molecule is NC1=C2CC=CC=C2N(O)C=C1Nc1nc2c(ncn2C2CC(O)C(CN=O)O2)c(=O)[nH]1. The molecule has 3 unspecified atom stereocenters. The normalized spacial score (nSPS) is 25.1. The van der Waals surface area contributed by atoms with Crippen LogP contribution in [0.1, 0.15) is 19.1 Å². The molecule has 6 N–H and O–H groups in total. The highest BCUT2D eigenvalue weighted by Gasteiger charge is 2.36. The van der Waals surface area contributed by atoms with Crippen LogP contribution in [0.5, 0.6) is 0 Å². The first kappa shape index (κ1) is 20.1. The van der Waals surface area contributed by atoms with Gasteiger partial charge < -0.3 is 20.9 Å². The number of hydroxylamine groups is 2. The van der Waals surface area contributed by atoms with Gasteiger partial charge in [-0.05, 0) is 12.5 Å². The Morgan fingerprint density at radius 1 is 1.44 bits per heavy atom. The average molecular weight is 440 g/mol. The number of anilines is 1. The molecule has 0 spiro atoms. The summed E-state index contributed by atoms with van der Waals surface area (Å²) >= 11 is 0. The molecule has 2 aromatic heterocycles. The number of nitrogens with one attached hydrogen (secondary N) is 2. The summed E-state index contributed by atoms with van der Waals surface area (Å²) in [6, 6.07) is 0. The number of rotatable bonds is 5. The maximum Gasteiger partial charge on any atom is 0.280 e. The van der Waals surface area contributed by atoms with Crippen LogP contribution in [0.25, 0.3) is 11.2 Å². The fraction of sp³-hybridized carbons (Fsp3) is 0.316. The molecule has 1 aliphatic carbocycles. The molecule has 0 bridgehead atoms. The van der Waals surface area contributed by atoms with E-state index in [1.807, 2.05) is 12.2 Å². The quantitative estimate of drug-likeness (QED) is 0.411. The molecular formula is C19H20N8O5. The van der Waals surface area contributed by atoms with E-state index in [-0.39, 0.29) is 30.1 Å². The average Bonchev–Trinajstić information content (AvgIpc) is 3.36. The topological polar surface area (TPSA) is 184 Å². The predicted octanol–water partition coefficient (Wildman–Crippen LogP) is 0.549. The van der Waals surface area contributed by atoms with Gasteiger partial charge in [0.05, 0.1) is 35.7 Å². The Bertz CT molecular complexity index is 1270. The van der Waals surface area contributed by atoms with Gasteiger partial charge in [-0.15, -0.1) is 0 Å². The second-order valence-corrected chi connectivity index (χ2v) is 7.57. The summed E-state index contributed by atoms with van der Waals surface area (Å²) < 4.78 is 7.22. The molecule has 5 rings (SSSR count). The molecule has 13 heteroatoms. The fourth-order valence-corrected chi connectivity index (χ4v) is 3.98. The number of aromatic nitrogens is 4. The lowest BCUT2D eigenvalue weighted by atomic mass is 9.98. The zero-order valence-corrected chi connectivity index (χ0v) is 16.7. The predicted molar refractivity (Wildman–Crippen MR) is 112 cm³/mol. The number of imidazole rings is 1. The number of allylic oxidation sites excluding steroid dienone is 4. The third-order valence-corrected chi connectivity index (χ3v) is 5.59. The number of aromatic amines is 1. The Labute approximate surface area is 180 Å². The molecule has 3 aliphatic rings. The number of ether oxygens (including phenoxy) is 1. The Kier molecular flexibility index (Phi) is 4.84. The standard InChI is InChI=1S/C19H20N8O5/c20-15-9-3-1-2-4-11(9)27(31)7-10(15)23-19-24-17-16(18(29)25-19)21-8-26(17)14-5-12(28)13(32-14)6-22-30/h1-2,4,7-8,12-14,28,31H,3,5-6,20H2,(H2,23,24,25,29). The van der Waals surface area contributed by atoms with Crippen LogP contribution in [0.4, 0.5) is 5.95 Å². The number of H-pyrrole nitrogens is 1. The smallest absolute Gasteiger partial charge is 0.280 e. The molecule has 0 aromatic carbocycles. The van der Waals surface area contributed by atoms with Crippen LogP contribution in [0.15, 0.2) is 63.4 Å². The number of nitrogens with zero attached hydrogens (tertiary/aromatic N) is 5. The summed E-state index contributed by atoms with van der Waals surface area (Å²) in [6.45, 7) is -0.184. The lowest BCUT2D eigenvalue weighted by Gasteiger charge is -2.28. The number of hydrogen-bond donors (Lipinski definition) is 5. The Balaban J connectivity index is 1.48. The summed E-state index contributed by atoms with van der Waals surface area (Å²) in [5.41, 5.74) is 8.16. The van der Waals surface area contributed by atoms with Crippen molar-refractivity contribution in [2.45, 2.75) is 31.3 Å². The van der Waals surface area contributed by atoms with Crippen LogP contribution in [0, 0.1) is 4.91 Å². The zero-order valence-electron chi connectivity index (χ0n) is 16.7. The molecule has 3 atom stereocenters. The molecule has 0 amide bonds. The van der Waals surface area contributed by atoms with Crippen molar-refractivity contribution in [2.75, 3.05) is 11.9 Å². The lowest BCUT2D eigenvalue weighted by molar-refractivity contribution is -0.0114. The first-order valence-corrected chi connectivity index (χ1v) is 9.89. The molecule has 13 nitrogen and oxygen atoms in total. The minimum atomic E-state index is -0.879. The fourth-order valence-electron chi connectivity index (χ4n) is 3.98. The van der Waals surface area contributed by atoms with Gasteiger partial charge in [0, 0.05) is 12.0 Å². The lowest BCUT2D eigenvalue weighted by Crippen LogP contribution is -2.27. The van der Waals surface area contributed by atoms with Gasteiger partial charge in [-0.3, -0.25) is 19.6 Å². The highest BCUT2D eigenvalue weighted by molar-refractivity contribution is 5.71. The van der Waals surface area contributed by atoms with E-state index >= 15 is 0 Å². The van der Waals surface area contributed by atoms with Crippen LogP contribution in [-0.4, -0.2) is 53.6 Å². The molecule has 2 aromatic rings. The molecular weight excluding hydrogens is 420 g/mol. The van der Waals surface area contributed by atoms with Crippen molar-refractivity contribution in [3.05, 3.63) is 68.7 Å². The van der Waals surface area contributed by atoms with E-state index in [0.29, 0.717) is 23.5 Å². The van der Waals surface area contributed by atoms with Gasteiger partial charge in [-0.2, -0.15) is 9.89 Å². The van der Waals surface area contributed by atoms with Crippen LogP contribution in [0.2, 0.25) is 0 Å². The molecule has 32 heavy (non-hydrogen) atoms. The molecule has 1 saturated heterocycles. The maximum atomic E-state index is 12.6. The minimum Gasteiger partial charge on any atom is -0.397 e. The number of nitrogens with two attached hydrogens (primary N) is 1. The number of nitroso groups, excluding NO2 is 1. The van der Waals surface area contributed by atoms with Crippen molar-refractivity contribution in [1.29, 1.82) is 0 Å². The van der Waals surface area contributed by atoms with Crippen LogP contribution in [-0.2, 0) is 4.74 Å². The van der Waals surface area contributed by atoms with Gasteiger partial charge in [0.25, 0.3) is 5.56 Å². The summed E-state index contributed by atoms with van der Waals surface area (Å²) in [6.07, 6.45) is 6.71. The van der Waals surface area contributed by atoms with Crippen molar-refractivity contribution < 1.29 is 15.1 Å². The summed E-state index contributed by atoms with van der Waals surface area (Å²) in [5, 5.41) is 27.1. The molecule has 166 valence electrons. The largest absolute Gasteiger partial charge is 0.397 e. The van der Waals surface area contributed by atoms with Gasteiger partial charge in [0.15, 0.2) is 11.2 Å². The van der Waals surface area contributed by atoms with Crippen LogP contribution in [0.3, 0.4) is 0 Å². The molecule has 0 saturated carbocycles. The molecule has 2 aliphatic heterocycles. The van der Waals surface area contributed by atoms with E-state index in [2.05, 4.69) is 25.4 Å². The highest BCUT2D eigenvalue weighted by atomic mass is 16.5. The van der Waals surface area contributed by atoms with Crippen molar-refractivity contribution in [3.63, 3.8) is 0 Å². The second kappa shape index (κ2) is 7.71. The van der Waals surface area contributed by atoms with Crippen LogP contribution >= 0.6 is 0 Å². The molecule has 4 heterocycles. The van der Waals surface area contributed by atoms with Gasteiger partial charge in [-0.25, -0.2) is 10.0 Å². The second-order valence-electron chi connectivity index (χ2n) is 7.57. The van der Waals surface area contributed by atoms with Crippen molar-refractivity contribution in [2.24, 2.45) is 10.9 Å². The first-order valence-electron chi connectivity index (χ1n) is 9.89. The number of aliphatic hydroxyl groups excluding tert-OH is 1. The monoisotopic (exact) mass is 440 g/mol. The van der Waals surface area contributed by atoms with Crippen molar-refractivity contribution in [3.8, 4) is 0 Å². The van der Waals surface area contributed by atoms with E-state index in [0.717, 1.165) is 10.6 Å². The Morgan fingerprint density at radius 3 is 3.09 bits per heavy atom. The van der Waals surface area contributed by atoms with Crippen LogP contribution < -0.4 is 16.6 Å². The van der Waals surface area contributed by atoms with Gasteiger partial charge in [0.2, 0.25) is 5.95 Å². The highest BCUT2D eigenvalue weighted by Crippen LogP contribution is 2.32. The van der Waals surface area contributed by atoms with Gasteiger partial charge in [0.1, 0.15) is 18.9 Å². The number of fused-ring (bicyclic) bond motifs is 2. The summed E-state index contributed by atoms with van der Waals surface area (Å²) in [4.78, 5) is 34.3. The molecule has 1 fully saturated rings. The van der Waals surface area contributed by atoms with E-state index in [1.54, 1.807) is 6.08 Å². The van der Waals surface area contributed by atoms with Crippen molar-refractivity contribution in [1.82, 2.24) is 24.6 Å². The first-order chi connectivity index (χ1) is 15.5. The Morgan fingerprint density at radius 2 is 2.28 bits per heavy atom. The Hall–Kier alpha value is -3.81. The van der Waals surface area contributed by atoms with E-state index in [9.17, 15) is 20.0 Å². The van der Waals surface area contributed by atoms with E-state index < -0.39 is 24.0 Å².